The van der Waals surface area contributed by atoms with Gasteiger partial charge < -0.3 is 4.90 Å². The Morgan fingerprint density at radius 3 is 2.28 bits per heavy atom. The second-order valence-electron chi connectivity index (χ2n) is 4.42. The van der Waals surface area contributed by atoms with Gasteiger partial charge >= 0.3 is 0 Å². The summed E-state index contributed by atoms with van der Waals surface area (Å²) in [6, 6.07) is 1.37. The highest BCUT2D eigenvalue weighted by molar-refractivity contribution is 9.11. The Bertz CT molecular complexity index is 463. The van der Waals surface area contributed by atoms with Crippen LogP contribution in [-0.2, 0) is 0 Å². The topological polar surface area (TPSA) is 63.5 Å². The van der Waals surface area contributed by atoms with Crippen molar-refractivity contribution < 1.29 is 9.72 Å². The fourth-order valence-electron chi connectivity index (χ4n) is 1.82. The third kappa shape index (κ3) is 3.08. The van der Waals surface area contributed by atoms with Gasteiger partial charge in [0.15, 0.2) is 4.88 Å². The van der Waals surface area contributed by atoms with Crippen molar-refractivity contribution in [2.45, 2.75) is 39.8 Å². The highest BCUT2D eigenvalue weighted by Gasteiger charge is 2.30. The van der Waals surface area contributed by atoms with Crippen LogP contribution in [0.15, 0.2) is 9.85 Å². The van der Waals surface area contributed by atoms with Gasteiger partial charge in [0.1, 0.15) is 0 Å². The van der Waals surface area contributed by atoms with E-state index >= 15 is 0 Å². The number of amides is 1. The molecule has 100 valence electrons. The molecule has 0 bridgehead atoms. The number of nitro groups is 1. The molecule has 1 aromatic heterocycles. The lowest BCUT2D eigenvalue weighted by Crippen LogP contribution is -2.41. The lowest BCUT2D eigenvalue weighted by atomic mass is 10.2. The molecule has 1 aromatic rings. The molecule has 0 saturated heterocycles. The molecule has 1 rings (SSSR count). The molecule has 0 N–H and O–H groups in total. The molecule has 0 saturated carbocycles. The van der Waals surface area contributed by atoms with Crippen LogP contribution in [0.2, 0.25) is 0 Å². The maximum atomic E-state index is 12.4. The Morgan fingerprint density at radius 1 is 1.39 bits per heavy atom. The molecule has 18 heavy (non-hydrogen) atoms. The first-order valence-electron chi connectivity index (χ1n) is 5.52. The molecule has 0 unspecified atom stereocenters. The first-order valence-corrected chi connectivity index (χ1v) is 7.13. The van der Waals surface area contributed by atoms with E-state index in [0.717, 1.165) is 11.3 Å². The van der Waals surface area contributed by atoms with Gasteiger partial charge in [-0.05, 0) is 43.6 Å². The molecule has 0 aliphatic rings. The Hall–Kier alpha value is -0.950. The highest BCUT2D eigenvalue weighted by atomic mass is 79.9. The van der Waals surface area contributed by atoms with Crippen molar-refractivity contribution in [2.24, 2.45) is 0 Å². The van der Waals surface area contributed by atoms with Gasteiger partial charge in [0.2, 0.25) is 0 Å². The van der Waals surface area contributed by atoms with Crippen LogP contribution in [0.1, 0.15) is 37.4 Å². The fraction of sp³-hybridized carbons (Fsp3) is 0.545. The lowest BCUT2D eigenvalue weighted by molar-refractivity contribution is -0.384. The quantitative estimate of drug-likeness (QED) is 0.623. The summed E-state index contributed by atoms with van der Waals surface area (Å²) >= 11 is 4.28. The number of thiophene rings is 1. The molecule has 0 aliphatic heterocycles. The minimum atomic E-state index is -0.521. The molecule has 0 aliphatic carbocycles. The Kier molecular flexibility index (Phi) is 4.86. The molecule has 1 amide bonds. The lowest BCUT2D eigenvalue weighted by Gasteiger charge is -2.30. The molecule has 5 nitrogen and oxygen atoms in total. The third-order valence-corrected chi connectivity index (χ3v) is 4.04. The Labute approximate surface area is 118 Å². The maximum Gasteiger partial charge on any atom is 0.294 e. The summed E-state index contributed by atoms with van der Waals surface area (Å²) in [7, 11) is 0. The largest absolute Gasteiger partial charge is 0.333 e. The summed E-state index contributed by atoms with van der Waals surface area (Å²) in [5.74, 6) is -0.289. The van der Waals surface area contributed by atoms with Gasteiger partial charge in [0.05, 0.1) is 8.71 Å². The van der Waals surface area contributed by atoms with Crippen molar-refractivity contribution in [1.29, 1.82) is 0 Å². The van der Waals surface area contributed by atoms with E-state index in [-0.39, 0.29) is 28.6 Å². The number of hydrogen-bond acceptors (Lipinski definition) is 4. The van der Waals surface area contributed by atoms with Crippen molar-refractivity contribution in [3.8, 4) is 0 Å². The molecule has 7 heteroatoms. The van der Waals surface area contributed by atoms with E-state index in [4.69, 9.17) is 0 Å². The number of hydrogen-bond donors (Lipinski definition) is 0. The normalized spacial score (nSPS) is 11.1. The van der Waals surface area contributed by atoms with Crippen molar-refractivity contribution in [2.75, 3.05) is 0 Å². The zero-order chi connectivity index (χ0) is 14.0. The van der Waals surface area contributed by atoms with Gasteiger partial charge in [-0.15, -0.1) is 11.3 Å². The smallest absolute Gasteiger partial charge is 0.294 e. The number of rotatable bonds is 4. The van der Waals surface area contributed by atoms with Gasteiger partial charge in [-0.1, -0.05) is 0 Å². The number of halogens is 1. The zero-order valence-corrected chi connectivity index (χ0v) is 13.0. The van der Waals surface area contributed by atoms with E-state index < -0.39 is 4.92 Å². The summed E-state index contributed by atoms with van der Waals surface area (Å²) < 4.78 is 0.588. The van der Waals surface area contributed by atoms with Crippen LogP contribution >= 0.6 is 27.3 Å². The summed E-state index contributed by atoms with van der Waals surface area (Å²) in [4.78, 5) is 24.6. The van der Waals surface area contributed by atoms with Crippen LogP contribution in [-0.4, -0.2) is 27.8 Å². The van der Waals surface area contributed by atoms with Crippen molar-refractivity contribution >= 4 is 38.9 Å². The van der Waals surface area contributed by atoms with E-state index in [1.807, 2.05) is 27.7 Å². The van der Waals surface area contributed by atoms with Crippen LogP contribution in [0.3, 0.4) is 0 Å². The second kappa shape index (κ2) is 5.79. The molecule has 0 spiro atoms. The molecule has 0 radical (unpaired) electrons. The summed E-state index contributed by atoms with van der Waals surface area (Å²) in [5.41, 5.74) is -0.136. The van der Waals surface area contributed by atoms with Crippen molar-refractivity contribution in [1.82, 2.24) is 4.90 Å². The van der Waals surface area contributed by atoms with E-state index in [1.165, 1.54) is 6.07 Å². The van der Waals surface area contributed by atoms with E-state index in [2.05, 4.69) is 15.9 Å². The molecule has 0 fully saturated rings. The predicted octanol–water partition coefficient (Wildman–Crippen LogP) is 3.68. The molecular formula is C11H15BrN2O3S. The van der Waals surface area contributed by atoms with Crippen LogP contribution in [0.4, 0.5) is 5.69 Å². The SMILES string of the molecule is CC(C)N(C(=O)c1sc(Br)cc1[N+](=O)[O-])C(C)C. The van der Waals surface area contributed by atoms with Crippen LogP contribution < -0.4 is 0 Å². The van der Waals surface area contributed by atoms with E-state index in [0.29, 0.717) is 3.79 Å². The molecular weight excluding hydrogens is 320 g/mol. The summed E-state index contributed by atoms with van der Waals surface area (Å²) in [6.45, 7) is 7.58. The molecule has 0 aromatic carbocycles. The minimum absolute atomic E-state index is 0.00187. The van der Waals surface area contributed by atoms with Gasteiger partial charge in [-0.2, -0.15) is 0 Å². The standard InChI is InChI=1S/C11H15BrN2O3S/c1-6(2)13(7(3)4)11(15)10-8(14(16)17)5-9(12)18-10/h5-7H,1-4H3. The Balaban J connectivity index is 3.20. The highest BCUT2D eigenvalue weighted by Crippen LogP contribution is 2.34. The van der Waals surface area contributed by atoms with E-state index in [9.17, 15) is 14.9 Å². The van der Waals surface area contributed by atoms with Crippen LogP contribution in [0, 0.1) is 10.1 Å². The summed E-state index contributed by atoms with van der Waals surface area (Å²) in [6.07, 6.45) is 0. The Morgan fingerprint density at radius 2 is 1.89 bits per heavy atom. The van der Waals surface area contributed by atoms with Gasteiger partial charge in [-0.3, -0.25) is 14.9 Å². The second-order valence-corrected chi connectivity index (χ2v) is 6.85. The van der Waals surface area contributed by atoms with Crippen LogP contribution in [0.25, 0.3) is 0 Å². The average molecular weight is 335 g/mol. The minimum Gasteiger partial charge on any atom is -0.333 e. The summed E-state index contributed by atoms with van der Waals surface area (Å²) in [5, 5.41) is 10.9. The van der Waals surface area contributed by atoms with Gasteiger partial charge in [-0.25, -0.2) is 0 Å². The number of carbonyl (C=O) groups is 1. The van der Waals surface area contributed by atoms with E-state index in [1.54, 1.807) is 4.90 Å². The number of carbonyl (C=O) groups excluding carboxylic acids is 1. The average Bonchev–Trinajstić information content (AvgIpc) is 2.59. The molecule has 0 atom stereocenters. The first kappa shape index (κ1) is 15.1. The van der Waals surface area contributed by atoms with Gasteiger partial charge in [0, 0.05) is 18.2 Å². The third-order valence-electron chi connectivity index (χ3n) is 2.42. The van der Waals surface area contributed by atoms with Gasteiger partial charge in [0.25, 0.3) is 11.6 Å². The zero-order valence-electron chi connectivity index (χ0n) is 10.6. The predicted molar refractivity (Wildman–Crippen MR) is 75.1 cm³/mol. The van der Waals surface area contributed by atoms with Crippen LogP contribution in [0.5, 0.6) is 0 Å². The fourth-order valence-corrected chi connectivity index (χ4v) is 3.32. The van der Waals surface area contributed by atoms with Crippen molar-refractivity contribution in [3.63, 3.8) is 0 Å². The molecule has 1 heterocycles. The van der Waals surface area contributed by atoms with Crippen molar-refractivity contribution in [3.05, 3.63) is 24.8 Å². The maximum absolute atomic E-state index is 12.4. The first-order chi connectivity index (χ1) is 8.25. The number of nitrogens with zero attached hydrogens (tertiary/aromatic N) is 2. The monoisotopic (exact) mass is 334 g/mol.